The maximum atomic E-state index is 14.1. The van der Waals surface area contributed by atoms with Gasteiger partial charge in [0.1, 0.15) is 17.3 Å². The van der Waals surface area contributed by atoms with Crippen LogP contribution in [0.2, 0.25) is 0 Å². The summed E-state index contributed by atoms with van der Waals surface area (Å²) in [6, 6.07) is 25.1. The van der Waals surface area contributed by atoms with E-state index in [9.17, 15) is 8.96 Å². The molecular weight excluding hydrogens is 360 g/mol. The van der Waals surface area contributed by atoms with E-state index in [1.165, 1.54) is 6.07 Å². The molecule has 0 saturated carbocycles. The van der Waals surface area contributed by atoms with Crippen molar-refractivity contribution in [3.05, 3.63) is 114 Å². The number of hydrogen-bond acceptors (Lipinski definition) is 2. The zero-order valence-corrected chi connectivity index (χ0v) is 15.3. The summed E-state index contributed by atoms with van der Waals surface area (Å²) in [4.78, 5) is 0. The van der Waals surface area contributed by atoms with Crippen LogP contribution in [0.3, 0.4) is 0 Å². The van der Waals surface area contributed by atoms with E-state index in [1.807, 2.05) is 60.7 Å². The van der Waals surface area contributed by atoms with Crippen LogP contribution in [0.1, 0.15) is 11.1 Å². The zero-order chi connectivity index (χ0) is 18.7. The second-order valence-electron chi connectivity index (χ2n) is 6.12. The van der Waals surface area contributed by atoms with Gasteiger partial charge in [0.05, 0.1) is 5.69 Å². The summed E-state index contributed by atoms with van der Waals surface area (Å²) >= 11 is 0. The van der Waals surface area contributed by atoms with Crippen LogP contribution in [-0.2, 0) is 9.30 Å². The van der Waals surface area contributed by atoms with Gasteiger partial charge in [-0.2, -0.15) is 0 Å². The molecule has 1 aliphatic heterocycles. The van der Waals surface area contributed by atoms with E-state index in [0.29, 0.717) is 11.5 Å². The Kier molecular flexibility index (Phi) is 4.66. The van der Waals surface area contributed by atoms with Crippen molar-refractivity contribution in [3.8, 4) is 0 Å². The van der Waals surface area contributed by atoms with Gasteiger partial charge in [0.25, 0.3) is 0 Å². The molecule has 1 heterocycles. The lowest BCUT2D eigenvalue weighted by molar-refractivity contribution is 0.469. The number of benzene rings is 3. The SMILES string of the molecule is O=P1(Nc2ccccc2F)C=C(c2ccccc2)OC(c2ccccc2)=C1. The third kappa shape index (κ3) is 3.86. The second kappa shape index (κ2) is 7.26. The Labute approximate surface area is 157 Å². The third-order valence-electron chi connectivity index (χ3n) is 4.12. The van der Waals surface area contributed by atoms with E-state index >= 15 is 0 Å². The van der Waals surface area contributed by atoms with Crippen molar-refractivity contribution >= 4 is 24.5 Å². The zero-order valence-electron chi connectivity index (χ0n) is 14.4. The monoisotopic (exact) mass is 377 g/mol. The maximum absolute atomic E-state index is 14.1. The van der Waals surface area contributed by atoms with Gasteiger partial charge in [-0.15, -0.1) is 0 Å². The minimum Gasteiger partial charge on any atom is -0.456 e. The van der Waals surface area contributed by atoms with Crippen molar-refractivity contribution in [2.45, 2.75) is 0 Å². The van der Waals surface area contributed by atoms with E-state index in [2.05, 4.69) is 5.09 Å². The Morgan fingerprint density at radius 1 is 0.704 bits per heavy atom. The predicted molar refractivity (Wildman–Crippen MR) is 108 cm³/mol. The number of rotatable bonds is 4. The molecule has 5 heteroatoms. The first kappa shape index (κ1) is 17.3. The van der Waals surface area contributed by atoms with Gasteiger partial charge in [-0.1, -0.05) is 72.8 Å². The largest absolute Gasteiger partial charge is 0.456 e. The van der Waals surface area contributed by atoms with Gasteiger partial charge in [-0.3, -0.25) is 4.57 Å². The molecule has 27 heavy (non-hydrogen) atoms. The highest BCUT2D eigenvalue weighted by molar-refractivity contribution is 7.72. The third-order valence-corrected chi connectivity index (χ3v) is 5.95. The Balaban J connectivity index is 1.79. The highest BCUT2D eigenvalue weighted by Crippen LogP contribution is 2.56. The van der Waals surface area contributed by atoms with E-state index in [-0.39, 0.29) is 5.69 Å². The predicted octanol–water partition coefficient (Wildman–Crippen LogP) is 6.54. The number of para-hydroxylation sites is 1. The second-order valence-corrected chi connectivity index (χ2v) is 8.28. The van der Waals surface area contributed by atoms with Crippen molar-refractivity contribution in [2.24, 2.45) is 0 Å². The average Bonchev–Trinajstić information content (AvgIpc) is 2.70. The summed E-state index contributed by atoms with van der Waals surface area (Å²) in [6.07, 6.45) is 0. The van der Waals surface area contributed by atoms with Gasteiger partial charge in [-0.05, 0) is 12.1 Å². The highest BCUT2D eigenvalue weighted by Gasteiger charge is 2.27. The van der Waals surface area contributed by atoms with Crippen molar-refractivity contribution in [3.63, 3.8) is 0 Å². The Hall–Kier alpha value is -3.10. The maximum Gasteiger partial charge on any atom is 0.220 e. The molecule has 0 bridgehead atoms. The van der Waals surface area contributed by atoms with Crippen molar-refractivity contribution in [1.82, 2.24) is 0 Å². The first-order chi connectivity index (χ1) is 13.1. The molecule has 0 fully saturated rings. The van der Waals surface area contributed by atoms with Crippen LogP contribution in [0.4, 0.5) is 10.1 Å². The standard InChI is InChI=1S/C22H17FNO2P/c23-19-13-7-8-14-20(19)24-27(25)15-21(17-9-3-1-4-10-17)26-22(16-27)18-11-5-2-6-12-18/h1-16H,(H,24,25). The van der Waals surface area contributed by atoms with Crippen molar-refractivity contribution in [2.75, 3.05) is 5.09 Å². The molecule has 0 radical (unpaired) electrons. The van der Waals surface area contributed by atoms with Crippen LogP contribution in [0.5, 0.6) is 0 Å². The van der Waals surface area contributed by atoms with Crippen LogP contribution in [0.15, 0.2) is 96.6 Å². The van der Waals surface area contributed by atoms with Crippen molar-refractivity contribution < 1.29 is 13.7 Å². The molecule has 0 spiro atoms. The van der Waals surface area contributed by atoms with E-state index in [1.54, 1.807) is 29.8 Å². The van der Waals surface area contributed by atoms with Gasteiger partial charge in [0.15, 0.2) is 0 Å². The van der Waals surface area contributed by atoms with Crippen LogP contribution in [0, 0.1) is 5.82 Å². The number of hydrogen-bond donors (Lipinski definition) is 1. The molecule has 3 nitrogen and oxygen atoms in total. The molecule has 1 N–H and O–H groups in total. The normalized spacial score (nSPS) is 15.3. The number of halogens is 1. The summed E-state index contributed by atoms with van der Waals surface area (Å²) in [7, 11) is -3.24. The summed E-state index contributed by atoms with van der Waals surface area (Å²) in [5.41, 5.74) is 1.79. The quantitative estimate of drug-likeness (QED) is 0.525. The summed E-state index contributed by atoms with van der Waals surface area (Å²) in [5.74, 6) is 3.58. The van der Waals surface area contributed by atoms with E-state index in [0.717, 1.165) is 11.1 Å². The smallest absolute Gasteiger partial charge is 0.220 e. The number of ether oxygens (including phenoxy) is 1. The fourth-order valence-corrected chi connectivity index (χ4v) is 4.70. The summed E-state index contributed by atoms with van der Waals surface area (Å²) < 4.78 is 33.7. The van der Waals surface area contributed by atoms with Crippen LogP contribution >= 0.6 is 7.29 Å². The van der Waals surface area contributed by atoms with E-state index < -0.39 is 13.1 Å². The molecular formula is C22H17FNO2P. The first-order valence-electron chi connectivity index (χ1n) is 8.50. The molecule has 3 aromatic carbocycles. The van der Waals surface area contributed by atoms with Gasteiger partial charge < -0.3 is 9.82 Å². The molecule has 0 unspecified atom stereocenters. The molecule has 1 aliphatic rings. The summed E-state index contributed by atoms with van der Waals surface area (Å²) in [6.45, 7) is 0. The lowest BCUT2D eigenvalue weighted by atomic mass is 10.2. The van der Waals surface area contributed by atoms with E-state index in [4.69, 9.17) is 4.74 Å². The minimum atomic E-state index is -3.24. The van der Waals surface area contributed by atoms with Crippen molar-refractivity contribution in [1.29, 1.82) is 0 Å². The minimum absolute atomic E-state index is 0.190. The number of nitrogens with one attached hydrogen (secondary N) is 1. The van der Waals surface area contributed by atoms with Gasteiger partial charge >= 0.3 is 0 Å². The average molecular weight is 377 g/mol. The molecule has 0 atom stereocenters. The van der Waals surface area contributed by atoms with Gasteiger partial charge in [-0.25, -0.2) is 4.39 Å². The highest BCUT2D eigenvalue weighted by atomic mass is 31.2. The fourth-order valence-electron chi connectivity index (χ4n) is 2.83. The number of anilines is 1. The van der Waals surface area contributed by atoms with Crippen LogP contribution in [-0.4, -0.2) is 0 Å². The topological polar surface area (TPSA) is 38.3 Å². The molecule has 4 rings (SSSR count). The Morgan fingerprint density at radius 2 is 1.19 bits per heavy atom. The molecule has 0 saturated heterocycles. The molecule has 0 amide bonds. The lowest BCUT2D eigenvalue weighted by Gasteiger charge is -2.24. The first-order valence-corrected chi connectivity index (χ1v) is 10.3. The fraction of sp³-hybridized carbons (Fsp3) is 0. The Bertz CT molecular complexity index is 1000. The lowest BCUT2D eigenvalue weighted by Crippen LogP contribution is -2.03. The van der Waals surface area contributed by atoms with Crippen LogP contribution < -0.4 is 5.09 Å². The summed E-state index contributed by atoms with van der Waals surface area (Å²) in [5, 5.41) is 2.87. The van der Waals surface area contributed by atoms with Crippen LogP contribution in [0.25, 0.3) is 11.5 Å². The molecule has 134 valence electrons. The van der Waals surface area contributed by atoms with Gasteiger partial charge in [0.2, 0.25) is 7.29 Å². The van der Waals surface area contributed by atoms with Gasteiger partial charge in [0, 0.05) is 22.8 Å². The molecule has 0 aromatic heterocycles. The molecule has 3 aromatic rings. The Morgan fingerprint density at radius 3 is 1.70 bits per heavy atom. The molecule has 0 aliphatic carbocycles.